The van der Waals surface area contributed by atoms with Gasteiger partial charge in [-0.1, -0.05) is 6.07 Å². The van der Waals surface area contributed by atoms with Crippen LogP contribution < -0.4 is 5.32 Å². The van der Waals surface area contributed by atoms with Crippen molar-refractivity contribution in [3.05, 3.63) is 29.8 Å². The molecule has 1 aliphatic rings. The molecule has 1 aromatic rings. The highest BCUT2D eigenvalue weighted by Gasteiger charge is 2.55. The fraction of sp³-hybridized carbons (Fsp3) is 0.273. The molecule has 7 heteroatoms. The van der Waals surface area contributed by atoms with Crippen molar-refractivity contribution in [2.75, 3.05) is 5.32 Å². The molecule has 1 aromatic carbocycles. The fourth-order valence-corrected chi connectivity index (χ4v) is 2.23. The number of amides is 1. The molecule has 3 N–H and O–H groups in total. The van der Waals surface area contributed by atoms with E-state index in [0.717, 1.165) is 0 Å². The summed E-state index contributed by atoms with van der Waals surface area (Å²) in [5, 5.41) is 11.3. The third kappa shape index (κ3) is 2.27. The summed E-state index contributed by atoms with van der Waals surface area (Å²) in [5.41, 5.74) is 0.347. The Morgan fingerprint density at radius 1 is 1.33 bits per heavy atom. The van der Waals surface area contributed by atoms with Crippen molar-refractivity contribution in [1.29, 1.82) is 0 Å². The standard InChI is InChI=1S/C11H11NO5S/c13-9(14)7-2-1-3-8(6-7)12-10(15)11(4-5-11)18(16)17/h1-3,6H,4-5H2,(H,12,15)(H,13,14)(H,16,17). The van der Waals surface area contributed by atoms with Crippen LogP contribution in [0.25, 0.3) is 0 Å². The monoisotopic (exact) mass is 269 g/mol. The normalized spacial score (nSPS) is 17.8. The van der Waals surface area contributed by atoms with Gasteiger partial charge < -0.3 is 15.0 Å². The molecule has 0 radical (unpaired) electrons. The first-order valence-corrected chi connectivity index (χ1v) is 6.32. The van der Waals surface area contributed by atoms with E-state index < -0.39 is 27.7 Å². The van der Waals surface area contributed by atoms with Gasteiger partial charge in [0.2, 0.25) is 5.91 Å². The number of benzene rings is 1. The van der Waals surface area contributed by atoms with E-state index in [2.05, 4.69) is 5.32 Å². The molecule has 18 heavy (non-hydrogen) atoms. The van der Waals surface area contributed by atoms with Crippen molar-refractivity contribution >= 4 is 28.6 Å². The fourth-order valence-electron chi connectivity index (χ4n) is 1.57. The average molecular weight is 269 g/mol. The summed E-state index contributed by atoms with van der Waals surface area (Å²) < 4.78 is 18.9. The lowest BCUT2D eigenvalue weighted by molar-refractivity contribution is -0.116. The van der Waals surface area contributed by atoms with E-state index in [1.165, 1.54) is 24.3 Å². The molecular weight excluding hydrogens is 258 g/mol. The van der Waals surface area contributed by atoms with E-state index in [1.807, 2.05) is 0 Å². The molecule has 1 unspecified atom stereocenters. The quantitative estimate of drug-likeness (QED) is 0.709. The average Bonchev–Trinajstić information content (AvgIpc) is 3.10. The molecule has 1 saturated carbocycles. The smallest absolute Gasteiger partial charge is 0.335 e. The van der Waals surface area contributed by atoms with Gasteiger partial charge in [0, 0.05) is 5.69 Å². The molecule has 0 aliphatic heterocycles. The van der Waals surface area contributed by atoms with E-state index >= 15 is 0 Å². The second kappa shape index (κ2) is 4.51. The third-order valence-electron chi connectivity index (χ3n) is 2.82. The van der Waals surface area contributed by atoms with Crippen LogP contribution >= 0.6 is 0 Å². The zero-order valence-electron chi connectivity index (χ0n) is 9.25. The number of aromatic carboxylic acids is 1. The van der Waals surface area contributed by atoms with Crippen LogP contribution in [0.5, 0.6) is 0 Å². The van der Waals surface area contributed by atoms with Gasteiger partial charge in [0.25, 0.3) is 0 Å². The maximum atomic E-state index is 11.8. The SMILES string of the molecule is O=C(O)c1cccc(NC(=O)C2(S(=O)O)CC2)c1. The van der Waals surface area contributed by atoms with Gasteiger partial charge in [0.15, 0.2) is 15.8 Å². The first-order chi connectivity index (χ1) is 8.45. The summed E-state index contributed by atoms with van der Waals surface area (Å²) in [6, 6.07) is 5.72. The molecule has 1 aliphatic carbocycles. The maximum Gasteiger partial charge on any atom is 0.335 e. The zero-order chi connectivity index (χ0) is 13.3. The molecule has 1 fully saturated rings. The van der Waals surface area contributed by atoms with Gasteiger partial charge in [0.1, 0.15) is 0 Å². The van der Waals surface area contributed by atoms with Crippen LogP contribution in [-0.4, -0.2) is 30.5 Å². The molecule has 1 atom stereocenters. The van der Waals surface area contributed by atoms with Crippen molar-refractivity contribution in [3.8, 4) is 0 Å². The molecule has 0 heterocycles. The van der Waals surface area contributed by atoms with Gasteiger partial charge in [-0.3, -0.25) is 4.79 Å². The van der Waals surface area contributed by atoms with E-state index in [1.54, 1.807) is 0 Å². The van der Waals surface area contributed by atoms with Crippen LogP contribution in [0.15, 0.2) is 24.3 Å². The Morgan fingerprint density at radius 3 is 2.50 bits per heavy atom. The Balaban J connectivity index is 2.15. The Bertz CT molecular complexity index is 538. The molecular formula is C11H11NO5S. The first kappa shape index (κ1) is 12.7. The lowest BCUT2D eigenvalue weighted by Gasteiger charge is -2.11. The minimum atomic E-state index is -2.21. The van der Waals surface area contributed by atoms with Crippen LogP contribution in [0.4, 0.5) is 5.69 Å². The summed E-state index contributed by atoms with van der Waals surface area (Å²) in [6.45, 7) is 0. The Morgan fingerprint density at radius 2 is 2.00 bits per heavy atom. The Kier molecular flexibility index (Phi) is 3.18. The molecule has 1 amide bonds. The highest BCUT2D eigenvalue weighted by atomic mass is 32.2. The number of carbonyl (C=O) groups excluding carboxylic acids is 1. The highest BCUT2D eigenvalue weighted by molar-refractivity contribution is 7.82. The second-order valence-corrected chi connectivity index (χ2v) is 5.36. The van der Waals surface area contributed by atoms with Gasteiger partial charge in [-0.15, -0.1) is 0 Å². The van der Waals surface area contributed by atoms with Crippen molar-refractivity contribution in [2.24, 2.45) is 0 Å². The predicted octanol–water partition coefficient (Wildman–Crippen LogP) is 1.08. The van der Waals surface area contributed by atoms with Crippen molar-refractivity contribution < 1.29 is 23.5 Å². The van der Waals surface area contributed by atoms with Crippen LogP contribution in [0.2, 0.25) is 0 Å². The third-order valence-corrected chi connectivity index (χ3v) is 4.08. The number of carboxylic acid groups (broad SMARTS) is 1. The lowest BCUT2D eigenvalue weighted by atomic mass is 10.2. The number of nitrogens with one attached hydrogen (secondary N) is 1. The first-order valence-electron chi connectivity index (χ1n) is 5.21. The maximum absolute atomic E-state index is 11.8. The van der Waals surface area contributed by atoms with Gasteiger partial charge in [-0.2, -0.15) is 0 Å². The van der Waals surface area contributed by atoms with Crippen molar-refractivity contribution in [1.82, 2.24) is 0 Å². The van der Waals surface area contributed by atoms with Crippen molar-refractivity contribution in [2.45, 2.75) is 17.6 Å². The van der Waals surface area contributed by atoms with E-state index in [-0.39, 0.29) is 5.56 Å². The lowest BCUT2D eigenvalue weighted by Crippen LogP contribution is -2.33. The zero-order valence-corrected chi connectivity index (χ0v) is 10.1. The molecule has 0 spiro atoms. The van der Waals surface area contributed by atoms with Gasteiger partial charge in [-0.05, 0) is 31.0 Å². The summed E-state index contributed by atoms with van der Waals surface area (Å²) in [4.78, 5) is 22.6. The second-order valence-electron chi connectivity index (χ2n) is 4.08. The van der Waals surface area contributed by atoms with Crippen molar-refractivity contribution in [3.63, 3.8) is 0 Å². The Hall–Kier alpha value is -1.73. The molecule has 6 nitrogen and oxygen atoms in total. The van der Waals surface area contributed by atoms with Gasteiger partial charge in [0.05, 0.1) is 5.56 Å². The number of carboxylic acids is 1. The number of rotatable bonds is 4. The summed E-state index contributed by atoms with van der Waals surface area (Å²) in [5.74, 6) is -1.65. The molecule has 96 valence electrons. The van der Waals surface area contributed by atoms with E-state index in [9.17, 15) is 13.8 Å². The predicted molar refractivity (Wildman–Crippen MR) is 64.8 cm³/mol. The topological polar surface area (TPSA) is 104 Å². The number of carbonyl (C=O) groups is 2. The minimum Gasteiger partial charge on any atom is -0.478 e. The number of hydrogen-bond acceptors (Lipinski definition) is 3. The van der Waals surface area contributed by atoms with Gasteiger partial charge >= 0.3 is 5.97 Å². The van der Waals surface area contributed by atoms with Crippen LogP contribution in [0, 0.1) is 0 Å². The molecule has 2 rings (SSSR count). The molecule has 0 bridgehead atoms. The minimum absolute atomic E-state index is 0.0442. The summed E-state index contributed by atoms with van der Waals surface area (Å²) in [7, 11) is 0. The van der Waals surface area contributed by atoms with Crippen LogP contribution in [0.3, 0.4) is 0 Å². The molecule has 0 aromatic heterocycles. The largest absolute Gasteiger partial charge is 0.478 e. The Labute approximate surface area is 105 Å². The number of anilines is 1. The highest BCUT2D eigenvalue weighted by Crippen LogP contribution is 2.41. The van der Waals surface area contributed by atoms with Crippen LogP contribution in [-0.2, 0) is 15.9 Å². The summed E-state index contributed by atoms with van der Waals surface area (Å²) >= 11 is -2.21. The van der Waals surface area contributed by atoms with E-state index in [4.69, 9.17) is 9.66 Å². The summed E-state index contributed by atoms with van der Waals surface area (Å²) in [6.07, 6.45) is 0.723. The number of hydrogen-bond donors (Lipinski definition) is 3. The molecule has 0 saturated heterocycles. The van der Waals surface area contributed by atoms with Crippen LogP contribution in [0.1, 0.15) is 23.2 Å². The van der Waals surface area contributed by atoms with E-state index in [0.29, 0.717) is 18.5 Å². The van der Waals surface area contributed by atoms with Gasteiger partial charge in [-0.25, -0.2) is 9.00 Å².